The van der Waals surface area contributed by atoms with Crippen molar-refractivity contribution in [2.75, 3.05) is 7.05 Å². The van der Waals surface area contributed by atoms with Crippen LogP contribution >= 0.6 is 12.2 Å². The molecule has 0 atom stereocenters. The van der Waals surface area contributed by atoms with Gasteiger partial charge in [-0.1, -0.05) is 18.6 Å². The quantitative estimate of drug-likeness (QED) is 0.508. The molecule has 0 aliphatic carbocycles. The fraction of sp³-hybridized carbons (Fsp3) is 0.500. The largest absolute Gasteiger partial charge is 0.344 e. The molecule has 1 aliphatic heterocycles. The number of H-pyrrole nitrogens is 1. The van der Waals surface area contributed by atoms with Crippen molar-refractivity contribution in [2.45, 2.75) is 39.2 Å². The van der Waals surface area contributed by atoms with Crippen molar-refractivity contribution >= 4 is 29.0 Å². The van der Waals surface area contributed by atoms with Crippen LogP contribution in [-0.2, 0) is 13.0 Å². The monoisotopic (exact) mass is 289 g/mol. The van der Waals surface area contributed by atoms with Crippen molar-refractivity contribution in [3.63, 3.8) is 0 Å². The van der Waals surface area contributed by atoms with Gasteiger partial charge in [-0.2, -0.15) is 5.10 Å². The highest BCUT2D eigenvalue weighted by atomic mass is 32.1. The van der Waals surface area contributed by atoms with Crippen LogP contribution in [0.4, 0.5) is 0 Å². The number of hydrogen-bond donors (Lipinski definition) is 2. The van der Waals surface area contributed by atoms with Gasteiger partial charge in [0.25, 0.3) is 0 Å². The van der Waals surface area contributed by atoms with Crippen LogP contribution in [0.2, 0.25) is 0 Å². The number of hydrogen-bond acceptors (Lipinski definition) is 4. The summed E-state index contributed by atoms with van der Waals surface area (Å²) >= 11 is 5.44. The second-order valence-electron chi connectivity index (χ2n) is 5.14. The zero-order valence-electron chi connectivity index (χ0n) is 11.9. The molecule has 0 amide bonds. The number of hydrazone groups is 1. The topological polar surface area (TPSA) is 58.0 Å². The van der Waals surface area contributed by atoms with Crippen LogP contribution in [0, 0.1) is 4.64 Å². The molecule has 6 heteroatoms. The normalized spacial score (nSPS) is 16.0. The van der Waals surface area contributed by atoms with Gasteiger partial charge in [0.2, 0.25) is 0 Å². The first-order valence-corrected chi connectivity index (χ1v) is 7.45. The number of aromatic amines is 1. The van der Waals surface area contributed by atoms with Crippen LogP contribution in [0.1, 0.15) is 37.4 Å². The lowest BCUT2D eigenvalue weighted by Crippen LogP contribution is -2.07. The summed E-state index contributed by atoms with van der Waals surface area (Å²) in [7, 11) is 1.82. The summed E-state index contributed by atoms with van der Waals surface area (Å²) in [5.74, 6) is 0. The summed E-state index contributed by atoms with van der Waals surface area (Å²) in [5, 5.41) is 4.36. The van der Waals surface area contributed by atoms with Gasteiger partial charge in [-0.3, -0.25) is 0 Å². The Balaban J connectivity index is 2.38. The zero-order chi connectivity index (χ0) is 14.1. The van der Waals surface area contributed by atoms with Crippen LogP contribution in [0.25, 0.3) is 11.0 Å². The Morgan fingerprint density at radius 2 is 2.30 bits per heavy atom. The van der Waals surface area contributed by atoms with Gasteiger partial charge in [0, 0.05) is 24.8 Å². The summed E-state index contributed by atoms with van der Waals surface area (Å²) in [6.07, 6.45) is 6.43. The Hall–Kier alpha value is -1.69. The van der Waals surface area contributed by atoms with Crippen LogP contribution in [-0.4, -0.2) is 27.3 Å². The molecule has 0 saturated carbocycles. The number of fused-ring (bicyclic) bond motifs is 3. The molecule has 2 aromatic heterocycles. The highest BCUT2D eigenvalue weighted by Crippen LogP contribution is 2.29. The smallest absolute Gasteiger partial charge is 0.153 e. The van der Waals surface area contributed by atoms with E-state index in [1.54, 1.807) is 6.33 Å². The minimum Gasteiger partial charge on any atom is -0.344 e. The molecule has 3 heterocycles. The second-order valence-corrected chi connectivity index (χ2v) is 5.52. The van der Waals surface area contributed by atoms with E-state index in [1.807, 2.05) is 14.0 Å². The average Bonchev–Trinajstić information content (AvgIpc) is 2.58. The van der Waals surface area contributed by atoms with Crippen LogP contribution < -0.4 is 5.43 Å². The third-order valence-corrected chi connectivity index (χ3v) is 4.20. The predicted octanol–water partition coefficient (Wildman–Crippen LogP) is 2.76. The molecule has 0 fully saturated rings. The van der Waals surface area contributed by atoms with Crippen molar-refractivity contribution in [1.82, 2.24) is 20.0 Å². The lowest BCUT2D eigenvalue weighted by molar-refractivity contribution is 0.647. The molecule has 0 spiro atoms. The Morgan fingerprint density at radius 1 is 1.45 bits per heavy atom. The number of aryl methyl sites for hydroxylation is 1. The molecule has 0 aromatic carbocycles. The summed E-state index contributed by atoms with van der Waals surface area (Å²) in [4.78, 5) is 7.52. The zero-order valence-corrected chi connectivity index (χ0v) is 12.7. The van der Waals surface area contributed by atoms with Gasteiger partial charge < -0.3 is 15.0 Å². The van der Waals surface area contributed by atoms with Crippen molar-refractivity contribution < 1.29 is 0 Å². The predicted molar refractivity (Wildman–Crippen MR) is 83.7 cm³/mol. The van der Waals surface area contributed by atoms with E-state index >= 15 is 0 Å². The number of nitrogens with zero attached hydrogens (tertiary/aromatic N) is 3. The van der Waals surface area contributed by atoms with Gasteiger partial charge >= 0.3 is 0 Å². The molecule has 0 bridgehead atoms. The van der Waals surface area contributed by atoms with E-state index in [9.17, 15) is 0 Å². The van der Waals surface area contributed by atoms with Crippen molar-refractivity contribution in [2.24, 2.45) is 5.10 Å². The first-order valence-electron chi connectivity index (χ1n) is 7.04. The van der Waals surface area contributed by atoms with Crippen LogP contribution in [0.5, 0.6) is 0 Å². The fourth-order valence-corrected chi connectivity index (χ4v) is 3.37. The molecule has 0 saturated heterocycles. The summed E-state index contributed by atoms with van der Waals surface area (Å²) in [6, 6.07) is 0. The second kappa shape index (κ2) is 5.36. The first-order chi connectivity index (χ1) is 9.74. The lowest BCUT2D eigenvalue weighted by atomic mass is 10.1. The molecule has 0 radical (unpaired) electrons. The van der Waals surface area contributed by atoms with Crippen LogP contribution in [0.3, 0.4) is 0 Å². The molecular formula is C14H19N5S. The molecule has 1 aliphatic rings. The van der Waals surface area contributed by atoms with E-state index in [4.69, 9.17) is 12.2 Å². The van der Waals surface area contributed by atoms with Crippen molar-refractivity contribution in [3.05, 3.63) is 22.2 Å². The first kappa shape index (κ1) is 13.3. The van der Waals surface area contributed by atoms with Crippen LogP contribution in [0.15, 0.2) is 11.4 Å². The van der Waals surface area contributed by atoms with E-state index in [0.29, 0.717) is 4.64 Å². The minimum absolute atomic E-state index is 0.672. The highest BCUT2D eigenvalue weighted by molar-refractivity contribution is 7.71. The maximum atomic E-state index is 5.44. The van der Waals surface area contributed by atoms with Gasteiger partial charge in [-0.25, -0.2) is 4.98 Å². The maximum Gasteiger partial charge on any atom is 0.153 e. The number of aromatic nitrogens is 3. The highest BCUT2D eigenvalue weighted by Gasteiger charge is 2.22. The molecule has 3 rings (SSSR count). The Labute approximate surface area is 123 Å². The summed E-state index contributed by atoms with van der Waals surface area (Å²) in [5.41, 5.74) is 8.52. The van der Waals surface area contributed by atoms with Crippen molar-refractivity contribution in [3.8, 4) is 0 Å². The lowest BCUT2D eigenvalue weighted by Gasteiger charge is -2.07. The van der Waals surface area contributed by atoms with E-state index in [-0.39, 0.29) is 0 Å². The van der Waals surface area contributed by atoms with Gasteiger partial charge in [0.1, 0.15) is 5.52 Å². The van der Waals surface area contributed by atoms with E-state index in [2.05, 4.69) is 25.1 Å². The standard InChI is InChI=1S/C14H19N5S/c1-9(18-15-2)11-10-6-4-3-5-7-19(10)13-12(11)16-8-17-14(13)20/h8,15H,3-7H2,1-2H3,(H,16,17,20)/b18-9-. The third-order valence-electron chi connectivity index (χ3n) is 3.90. The van der Waals surface area contributed by atoms with Gasteiger partial charge in [-0.15, -0.1) is 0 Å². The van der Waals surface area contributed by atoms with Crippen molar-refractivity contribution in [1.29, 1.82) is 0 Å². The van der Waals surface area contributed by atoms with E-state index < -0.39 is 0 Å². The Bertz CT molecular complexity index is 725. The maximum absolute atomic E-state index is 5.44. The minimum atomic E-state index is 0.672. The van der Waals surface area contributed by atoms with E-state index in [0.717, 1.165) is 29.7 Å². The van der Waals surface area contributed by atoms with E-state index in [1.165, 1.54) is 30.5 Å². The summed E-state index contributed by atoms with van der Waals surface area (Å²) in [6.45, 7) is 3.05. The molecule has 2 aromatic rings. The number of nitrogens with one attached hydrogen (secondary N) is 2. The molecule has 5 nitrogen and oxygen atoms in total. The average molecular weight is 289 g/mol. The molecule has 106 valence electrons. The Kier molecular flexibility index (Phi) is 3.56. The summed E-state index contributed by atoms with van der Waals surface area (Å²) < 4.78 is 3.02. The molecular weight excluding hydrogens is 270 g/mol. The van der Waals surface area contributed by atoms with Gasteiger partial charge in [0.05, 0.1) is 17.6 Å². The molecule has 20 heavy (non-hydrogen) atoms. The fourth-order valence-electron chi connectivity index (χ4n) is 3.11. The molecule has 0 unspecified atom stereocenters. The number of rotatable bonds is 2. The van der Waals surface area contributed by atoms with Gasteiger partial charge in [-0.05, 0) is 26.2 Å². The Morgan fingerprint density at radius 3 is 3.10 bits per heavy atom. The van der Waals surface area contributed by atoms with Gasteiger partial charge in [0.15, 0.2) is 4.64 Å². The third kappa shape index (κ3) is 2.04. The molecule has 2 N–H and O–H groups in total. The SMILES string of the molecule is CN/N=C(/C)c1c2n(c3c(=S)nc[nH]c13)CCCCC2.